The Labute approximate surface area is 215 Å². The lowest BCUT2D eigenvalue weighted by Crippen LogP contribution is -2.48. The van der Waals surface area contributed by atoms with E-state index in [2.05, 4.69) is 11.4 Å². The molecule has 1 aromatic heterocycles. The predicted molar refractivity (Wildman–Crippen MR) is 139 cm³/mol. The second-order valence-corrected chi connectivity index (χ2v) is 10.7. The molecule has 1 fully saturated rings. The minimum Gasteiger partial charge on any atom is -0.491 e. The van der Waals surface area contributed by atoms with Crippen molar-refractivity contribution in [3.05, 3.63) is 87.1 Å². The van der Waals surface area contributed by atoms with Crippen LogP contribution in [0.2, 0.25) is 5.02 Å². The summed E-state index contributed by atoms with van der Waals surface area (Å²) in [6.07, 6.45) is 3.40. The Morgan fingerprint density at radius 3 is 2.57 bits per heavy atom. The van der Waals surface area contributed by atoms with E-state index < -0.39 is 0 Å². The fourth-order valence-electron chi connectivity index (χ4n) is 4.58. The number of hydrogen-bond donors (Lipinski definition) is 0. The van der Waals surface area contributed by atoms with Crippen molar-refractivity contribution < 1.29 is 14.3 Å². The van der Waals surface area contributed by atoms with Gasteiger partial charge in [-0.05, 0) is 72.0 Å². The van der Waals surface area contributed by atoms with Crippen LogP contribution >= 0.6 is 22.9 Å². The largest absolute Gasteiger partial charge is 0.491 e. The summed E-state index contributed by atoms with van der Waals surface area (Å²) in [5.74, 6) is 1.22. The topological polar surface area (TPSA) is 49.9 Å². The molecule has 0 radical (unpaired) electrons. The number of thiophene rings is 1. The van der Waals surface area contributed by atoms with Crippen molar-refractivity contribution in [1.29, 1.82) is 0 Å². The summed E-state index contributed by atoms with van der Waals surface area (Å²) in [5.41, 5.74) is 2.12. The van der Waals surface area contributed by atoms with Crippen molar-refractivity contribution in [2.45, 2.75) is 31.7 Å². The molecule has 182 valence electrons. The molecule has 0 N–H and O–H groups in total. The zero-order chi connectivity index (χ0) is 24.2. The van der Waals surface area contributed by atoms with Crippen LogP contribution in [0.25, 0.3) is 0 Å². The van der Waals surface area contributed by atoms with Gasteiger partial charge >= 0.3 is 0 Å². The molecule has 2 aliphatic rings. The number of carbonyl (C=O) groups excluding carboxylic acids is 2. The third-order valence-electron chi connectivity index (χ3n) is 6.69. The lowest BCUT2D eigenvalue weighted by Gasteiger charge is -2.37. The number of benzene rings is 2. The number of nitrogens with zero attached hydrogens (tertiary/aromatic N) is 2. The van der Waals surface area contributed by atoms with Crippen molar-refractivity contribution >= 4 is 34.8 Å². The summed E-state index contributed by atoms with van der Waals surface area (Å²) < 4.78 is 6.08. The molecule has 0 saturated heterocycles. The monoisotopic (exact) mass is 508 g/mol. The van der Waals surface area contributed by atoms with E-state index in [1.54, 1.807) is 28.4 Å². The summed E-state index contributed by atoms with van der Waals surface area (Å²) in [5, 5.41) is 2.74. The van der Waals surface area contributed by atoms with E-state index in [1.165, 1.54) is 4.88 Å². The molecular formula is C28H29ClN2O3S. The molecule has 1 atom stereocenters. The van der Waals surface area contributed by atoms with Gasteiger partial charge in [0, 0.05) is 23.0 Å². The van der Waals surface area contributed by atoms with E-state index in [4.69, 9.17) is 16.3 Å². The molecule has 0 bridgehead atoms. The Bertz CT molecular complexity index is 1160. The first-order chi connectivity index (χ1) is 17.1. The van der Waals surface area contributed by atoms with Crippen molar-refractivity contribution in [1.82, 2.24) is 9.80 Å². The minimum absolute atomic E-state index is 0.0126. The quantitative estimate of drug-likeness (QED) is 0.389. The van der Waals surface area contributed by atoms with E-state index in [-0.39, 0.29) is 24.4 Å². The Kier molecular flexibility index (Phi) is 7.40. The molecule has 2 heterocycles. The maximum absolute atomic E-state index is 13.6. The van der Waals surface area contributed by atoms with Gasteiger partial charge < -0.3 is 14.5 Å². The molecule has 5 rings (SSSR count). The molecule has 2 aromatic carbocycles. The van der Waals surface area contributed by atoms with Gasteiger partial charge in [-0.2, -0.15) is 0 Å². The number of rotatable bonds is 9. The highest BCUT2D eigenvalue weighted by molar-refractivity contribution is 7.10. The number of carbonyl (C=O) groups is 2. The van der Waals surface area contributed by atoms with Gasteiger partial charge in [-0.3, -0.25) is 9.59 Å². The standard InChI is InChI=1S/C28H29ClN2O3S/c29-22-8-10-23(11-9-22)34-19-25-24-13-15-35-26(24)12-14-31(25)28(33)18-30(17-21-6-7-21)27(32)16-20-4-2-1-3-5-20/h1-5,8-11,13,15,21,25H,6-7,12,14,16-19H2. The fourth-order valence-corrected chi connectivity index (χ4v) is 5.64. The summed E-state index contributed by atoms with van der Waals surface area (Å²) in [7, 11) is 0. The molecule has 2 amide bonds. The lowest BCUT2D eigenvalue weighted by molar-refractivity contribution is -0.142. The number of halogens is 1. The van der Waals surface area contributed by atoms with Gasteiger partial charge in [0.25, 0.3) is 0 Å². The highest BCUT2D eigenvalue weighted by atomic mass is 35.5. The molecule has 0 spiro atoms. The average Bonchev–Trinajstić information content (AvgIpc) is 3.56. The van der Waals surface area contributed by atoms with Crippen LogP contribution in [0.3, 0.4) is 0 Å². The van der Waals surface area contributed by atoms with E-state index in [1.807, 2.05) is 47.4 Å². The third kappa shape index (κ3) is 6.06. The Hall–Kier alpha value is -2.83. The third-order valence-corrected chi connectivity index (χ3v) is 7.94. The van der Waals surface area contributed by atoms with Crippen LogP contribution in [0.5, 0.6) is 5.75 Å². The molecule has 1 aliphatic carbocycles. The van der Waals surface area contributed by atoms with Gasteiger partial charge in [0.1, 0.15) is 12.4 Å². The highest BCUT2D eigenvalue weighted by Crippen LogP contribution is 2.35. The van der Waals surface area contributed by atoms with E-state index >= 15 is 0 Å². The fraction of sp³-hybridized carbons (Fsp3) is 0.357. The molecule has 5 nitrogen and oxygen atoms in total. The van der Waals surface area contributed by atoms with Gasteiger partial charge in [0.2, 0.25) is 11.8 Å². The van der Waals surface area contributed by atoms with Gasteiger partial charge in [-0.25, -0.2) is 0 Å². The summed E-state index contributed by atoms with van der Waals surface area (Å²) in [4.78, 5) is 31.8. The Morgan fingerprint density at radius 2 is 1.83 bits per heavy atom. The molecule has 1 unspecified atom stereocenters. The second kappa shape index (κ2) is 10.8. The number of fused-ring (bicyclic) bond motifs is 1. The van der Waals surface area contributed by atoms with E-state index in [0.29, 0.717) is 37.1 Å². The Morgan fingerprint density at radius 1 is 1.06 bits per heavy atom. The van der Waals surface area contributed by atoms with Crippen LogP contribution in [-0.2, 0) is 22.4 Å². The highest BCUT2D eigenvalue weighted by Gasteiger charge is 2.35. The smallest absolute Gasteiger partial charge is 0.242 e. The second-order valence-electron chi connectivity index (χ2n) is 9.30. The summed E-state index contributed by atoms with van der Waals surface area (Å²) in [6, 6.07) is 18.9. The SMILES string of the molecule is O=C(Cc1ccccc1)N(CC(=O)N1CCc2sccc2C1COc1ccc(Cl)cc1)CC1CC1. The zero-order valence-corrected chi connectivity index (χ0v) is 21.1. The first-order valence-corrected chi connectivity index (χ1v) is 13.4. The predicted octanol–water partition coefficient (Wildman–Crippen LogP) is 5.39. The van der Waals surface area contributed by atoms with Crippen molar-refractivity contribution in [3.8, 4) is 5.75 Å². The first kappa shape index (κ1) is 23.9. The lowest BCUT2D eigenvalue weighted by atomic mass is 10.0. The minimum atomic E-state index is -0.180. The molecule has 1 saturated carbocycles. The van der Waals surface area contributed by atoms with Crippen LogP contribution in [0.1, 0.15) is 34.9 Å². The van der Waals surface area contributed by atoms with Crippen molar-refractivity contribution in [3.63, 3.8) is 0 Å². The summed E-state index contributed by atoms with van der Waals surface area (Å²) >= 11 is 7.73. The molecular weight excluding hydrogens is 480 g/mol. The number of hydrogen-bond acceptors (Lipinski definition) is 4. The summed E-state index contributed by atoms with van der Waals surface area (Å²) in [6.45, 7) is 1.75. The van der Waals surface area contributed by atoms with Crippen LogP contribution < -0.4 is 4.74 Å². The van der Waals surface area contributed by atoms with Crippen molar-refractivity contribution in [2.24, 2.45) is 5.92 Å². The zero-order valence-electron chi connectivity index (χ0n) is 19.6. The molecule has 3 aromatic rings. The first-order valence-electron chi connectivity index (χ1n) is 12.1. The van der Waals surface area contributed by atoms with Crippen LogP contribution in [-0.4, -0.2) is 47.9 Å². The average molecular weight is 509 g/mol. The van der Waals surface area contributed by atoms with Gasteiger partial charge in [-0.15, -0.1) is 11.3 Å². The normalized spacial score (nSPS) is 17.1. The maximum Gasteiger partial charge on any atom is 0.242 e. The Balaban J connectivity index is 1.30. The van der Waals surface area contributed by atoms with Gasteiger partial charge in [0.05, 0.1) is 19.0 Å². The van der Waals surface area contributed by atoms with Crippen LogP contribution in [0.15, 0.2) is 66.0 Å². The van der Waals surface area contributed by atoms with Gasteiger partial charge in [0.15, 0.2) is 0 Å². The molecule has 7 heteroatoms. The van der Waals surface area contributed by atoms with E-state index in [0.717, 1.165) is 36.1 Å². The molecule has 1 aliphatic heterocycles. The van der Waals surface area contributed by atoms with Crippen LogP contribution in [0, 0.1) is 5.92 Å². The van der Waals surface area contributed by atoms with Gasteiger partial charge in [-0.1, -0.05) is 41.9 Å². The maximum atomic E-state index is 13.6. The van der Waals surface area contributed by atoms with E-state index in [9.17, 15) is 9.59 Å². The molecule has 35 heavy (non-hydrogen) atoms. The van der Waals surface area contributed by atoms with Crippen LogP contribution in [0.4, 0.5) is 0 Å². The van der Waals surface area contributed by atoms with Crippen molar-refractivity contribution in [2.75, 3.05) is 26.2 Å². The number of amides is 2. The number of ether oxygens (including phenoxy) is 1.